The lowest BCUT2D eigenvalue weighted by Crippen LogP contribution is -2.39. The Morgan fingerprint density at radius 2 is 1.97 bits per heavy atom. The summed E-state index contributed by atoms with van der Waals surface area (Å²) in [6.45, 7) is 3.40. The zero-order valence-corrected chi connectivity index (χ0v) is 16.5. The van der Waals surface area contributed by atoms with Crippen molar-refractivity contribution < 1.29 is 9.18 Å². The van der Waals surface area contributed by atoms with Gasteiger partial charge in [0.1, 0.15) is 11.5 Å². The monoisotopic (exact) mass is 389 g/mol. The van der Waals surface area contributed by atoms with Gasteiger partial charge in [-0.05, 0) is 73.7 Å². The molecule has 1 fully saturated rings. The summed E-state index contributed by atoms with van der Waals surface area (Å²) in [4.78, 5) is 23.6. The van der Waals surface area contributed by atoms with Crippen molar-refractivity contribution in [3.63, 3.8) is 0 Å². The Morgan fingerprint density at radius 1 is 1.14 bits per heavy atom. The fourth-order valence-electron chi connectivity index (χ4n) is 3.97. The quantitative estimate of drug-likeness (QED) is 0.658. The molecule has 2 aromatic heterocycles. The predicted octanol–water partition coefficient (Wildman–Crippen LogP) is 4.53. The van der Waals surface area contributed by atoms with Crippen LogP contribution >= 0.6 is 0 Å². The van der Waals surface area contributed by atoms with Gasteiger partial charge in [0, 0.05) is 36.6 Å². The van der Waals surface area contributed by atoms with Crippen LogP contribution in [0.5, 0.6) is 0 Å². The number of hydrogen-bond donors (Lipinski definition) is 0. The summed E-state index contributed by atoms with van der Waals surface area (Å²) >= 11 is 0. The van der Waals surface area contributed by atoms with Gasteiger partial charge in [0.05, 0.1) is 0 Å². The summed E-state index contributed by atoms with van der Waals surface area (Å²) in [6, 6.07) is 16.2. The van der Waals surface area contributed by atoms with Crippen LogP contribution in [0.3, 0.4) is 0 Å². The SMILES string of the molecule is Cc1cc(Cc2ccc(F)cc2)cc(C2CCCN(C(=O)c3ccccn3)C2)n1. The number of piperidine rings is 1. The number of carbonyl (C=O) groups is 1. The molecule has 3 heterocycles. The highest BCUT2D eigenvalue weighted by Crippen LogP contribution is 2.28. The second-order valence-corrected chi connectivity index (χ2v) is 7.65. The molecule has 0 bridgehead atoms. The van der Waals surface area contributed by atoms with Gasteiger partial charge in [0.15, 0.2) is 0 Å². The number of hydrogen-bond acceptors (Lipinski definition) is 3. The molecule has 0 aliphatic carbocycles. The van der Waals surface area contributed by atoms with E-state index in [0.717, 1.165) is 48.3 Å². The number of nitrogens with zero attached hydrogens (tertiary/aromatic N) is 3. The molecule has 29 heavy (non-hydrogen) atoms. The Morgan fingerprint density at radius 3 is 2.72 bits per heavy atom. The summed E-state index contributed by atoms with van der Waals surface area (Å²) in [6.07, 6.45) is 4.35. The zero-order chi connectivity index (χ0) is 20.2. The highest BCUT2D eigenvalue weighted by Gasteiger charge is 2.27. The van der Waals surface area contributed by atoms with Crippen molar-refractivity contribution in [1.29, 1.82) is 0 Å². The molecule has 1 aliphatic rings. The van der Waals surface area contributed by atoms with E-state index < -0.39 is 0 Å². The summed E-state index contributed by atoms with van der Waals surface area (Å²) < 4.78 is 13.2. The first-order chi connectivity index (χ1) is 14.1. The molecule has 0 radical (unpaired) electrons. The van der Waals surface area contributed by atoms with E-state index in [0.29, 0.717) is 12.2 Å². The van der Waals surface area contributed by atoms with Gasteiger partial charge >= 0.3 is 0 Å². The number of carbonyl (C=O) groups excluding carboxylic acids is 1. The molecule has 1 aliphatic heterocycles. The average molecular weight is 389 g/mol. The molecule has 3 aromatic rings. The van der Waals surface area contributed by atoms with E-state index in [-0.39, 0.29) is 17.6 Å². The Bertz CT molecular complexity index is 989. The second kappa shape index (κ2) is 8.52. The second-order valence-electron chi connectivity index (χ2n) is 7.65. The predicted molar refractivity (Wildman–Crippen MR) is 110 cm³/mol. The van der Waals surface area contributed by atoms with Crippen molar-refractivity contribution in [2.75, 3.05) is 13.1 Å². The minimum atomic E-state index is -0.222. The van der Waals surface area contributed by atoms with E-state index in [1.807, 2.05) is 36.1 Å². The molecular formula is C24H24FN3O. The Hall–Kier alpha value is -3.08. The lowest BCUT2D eigenvalue weighted by atomic mass is 9.92. The zero-order valence-electron chi connectivity index (χ0n) is 16.5. The number of halogens is 1. The molecule has 4 nitrogen and oxygen atoms in total. The van der Waals surface area contributed by atoms with Crippen LogP contribution in [0.15, 0.2) is 60.8 Å². The Labute approximate surface area is 170 Å². The standard InChI is InChI=1S/C24H24FN3O/c1-17-13-19(14-18-7-9-21(25)10-8-18)15-23(27-17)20-5-4-12-28(16-20)24(29)22-6-2-3-11-26-22/h2-3,6-11,13,15,20H,4-5,12,14,16H2,1H3. The molecule has 148 valence electrons. The van der Waals surface area contributed by atoms with Gasteiger partial charge in [-0.25, -0.2) is 4.39 Å². The summed E-state index contributed by atoms with van der Waals surface area (Å²) in [5.74, 6) is -0.0296. The Kier molecular flexibility index (Phi) is 5.65. The van der Waals surface area contributed by atoms with Crippen molar-refractivity contribution in [3.05, 3.63) is 94.8 Å². The molecule has 1 amide bonds. The van der Waals surface area contributed by atoms with E-state index in [1.165, 1.54) is 12.1 Å². The average Bonchev–Trinajstić information content (AvgIpc) is 2.75. The third kappa shape index (κ3) is 4.67. The minimum absolute atomic E-state index is 0.0190. The van der Waals surface area contributed by atoms with Gasteiger partial charge in [-0.2, -0.15) is 0 Å². The van der Waals surface area contributed by atoms with E-state index in [4.69, 9.17) is 4.98 Å². The summed E-state index contributed by atoms with van der Waals surface area (Å²) in [5.41, 5.74) is 4.71. The molecule has 1 unspecified atom stereocenters. The van der Waals surface area contributed by atoms with Gasteiger partial charge in [0.2, 0.25) is 0 Å². The lowest BCUT2D eigenvalue weighted by Gasteiger charge is -2.32. The van der Waals surface area contributed by atoms with Gasteiger partial charge in [-0.3, -0.25) is 14.8 Å². The van der Waals surface area contributed by atoms with Crippen LogP contribution in [0.1, 0.15) is 51.8 Å². The minimum Gasteiger partial charge on any atom is -0.337 e. The van der Waals surface area contributed by atoms with E-state index in [2.05, 4.69) is 17.1 Å². The van der Waals surface area contributed by atoms with Crippen LogP contribution in [0.4, 0.5) is 4.39 Å². The van der Waals surface area contributed by atoms with Crippen LogP contribution in [0, 0.1) is 12.7 Å². The number of likely N-dealkylation sites (tertiary alicyclic amines) is 1. The third-order valence-electron chi connectivity index (χ3n) is 5.37. The van der Waals surface area contributed by atoms with Crippen molar-refractivity contribution in [2.45, 2.75) is 32.1 Å². The van der Waals surface area contributed by atoms with Crippen LogP contribution in [-0.4, -0.2) is 33.9 Å². The topological polar surface area (TPSA) is 46.1 Å². The molecule has 1 atom stereocenters. The molecule has 1 saturated heterocycles. The van der Waals surface area contributed by atoms with Crippen molar-refractivity contribution in [2.24, 2.45) is 0 Å². The van der Waals surface area contributed by atoms with Crippen LogP contribution in [-0.2, 0) is 6.42 Å². The van der Waals surface area contributed by atoms with Gasteiger partial charge in [0.25, 0.3) is 5.91 Å². The molecule has 0 spiro atoms. The first kappa shape index (κ1) is 19.2. The fourth-order valence-corrected chi connectivity index (χ4v) is 3.97. The van der Waals surface area contributed by atoms with E-state index in [9.17, 15) is 9.18 Å². The highest BCUT2D eigenvalue weighted by molar-refractivity contribution is 5.92. The fraction of sp³-hybridized carbons (Fsp3) is 0.292. The first-order valence-corrected chi connectivity index (χ1v) is 10.0. The molecular weight excluding hydrogens is 365 g/mol. The summed E-state index contributed by atoms with van der Waals surface area (Å²) in [5, 5.41) is 0. The normalized spacial score (nSPS) is 16.6. The summed E-state index contributed by atoms with van der Waals surface area (Å²) in [7, 11) is 0. The molecule has 1 aromatic carbocycles. The molecule has 5 heteroatoms. The van der Waals surface area contributed by atoms with Crippen molar-refractivity contribution in [3.8, 4) is 0 Å². The number of amides is 1. The maximum absolute atomic E-state index is 13.2. The maximum Gasteiger partial charge on any atom is 0.272 e. The van der Waals surface area contributed by atoms with Crippen molar-refractivity contribution in [1.82, 2.24) is 14.9 Å². The van der Waals surface area contributed by atoms with Gasteiger partial charge < -0.3 is 4.90 Å². The number of aryl methyl sites for hydroxylation is 1. The van der Waals surface area contributed by atoms with Crippen LogP contribution < -0.4 is 0 Å². The van der Waals surface area contributed by atoms with Gasteiger partial charge in [-0.15, -0.1) is 0 Å². The molecule has 4 rings (SSSR count). The molecule has 0 saturated carbocycles. The smallest absolute Gasteiger partial charge is 0.272 e. The lowest BCUT2D eigenvalue weighted by molar-refractivity contribution is 0.0700. The maximum atomic E-state index is 13.2. The third-order valence-corrected chi connectivity index (χ3v) is 5.37. The van der Waals surface area contributed by atoms with E-state index in [1.54, 1.807) is 12.3 Å². The number of aromatic nitrogens is 2. The number of pyridine rings is 2. The van der Waals surface area contributed by atoms with Crippen LogP contribution in [0.2, 0.25) is 0 Å². The van der Waals surface area contributed by atoms with Crippen LogP contribution in [0.25, 0.3) is 0 Å². The number of rotatable bonds is 4. The molecule has 0 N–H and O–H groups in total. The van der Waals surface area contributed by atoms with Gasteiger partial charge in [-0.1, -0.05) is 18.2 Å². The largest absolute Gasteiger partial charge is 0.337 e. The Balaban J connectivity index is 1.52. The number of benzene rings is 1. The highest BCUT2D eigenvalue weighted by atomic mass is 19.1. The van der Waals surface area contributed by atoms with Crippen molar-refractivity contribution >= 4 is 5.91 Å². The van der Waals surface area contributed by atoms with E-state index >= 15 is 0 Å². The first-order valence-electron chi connectivity index (χ1n) is 10.0.